The van der Waals surface area contributed by atoms with E-state index in [4.69, 9.17) is 0 Å². The molecule has 0 spiro atoms. The maximum Gasteiger partial charge on any atom is 0.242 e. The number of anilines is 1. The lowest BCUT2D eigenvalue weighted by Gasteiger charge is -2.33. The molecule has 0 bridgehead atoms. The SMILES string of the molecule is C[C@H]1CNCCN1CC(=O)Nc1cccc(S(=O)(=O)N(C)C)c1.Cl. The number of carbonyl (C=O) groups excluding carboxylic acids is 1. The van der Waals surface area contributed by atoms with Gasteiger partial charge in [-0.3, -0.25) is 9.69 Å². The Morgan fingerprint density at radius 1 is 1.42 bits per heavy atom. The van der Waals surface area contributed by atoms with Gasteiger partial charge in [-0.1, -0.05) is 6.07 Å². The van der Waals surface area contributed by atoms with E-state index in [1.54, 1.807) is 12.1 Å². The lowest BCUT2D eigenvalue weighted by atomic mass is 10.2. The summed E-state index contributed by atoms with van der Waals surface area (Å²) in [5.41, 5.74) is 0.487. The van der Waals surface area contributed by atoms with Gasteiger partial charge >= 0.3 is 0 Å². The molecule has 1 saturated heterocycles. The Labute approximate surface area is 149 Å². The lowest BCUT2D eigenvalue weighted by Crippen LogP contribution is -2.51. The van der Waals surface area contributed by atoms with Crippen molar-refractivity contribution in [3.63, 3.8) is 0 Å². The van der Waals surface area contributed by atoms with Crippen LogP contribution in [0.2, 0.25) is 0 Å². The van der Waals surface area contributed by atoms with Crippen LogP contribution < -0.4 is 10.6 Å². The summed E-state index contributed by atoms with van der Waals surface area (Å²) in [4.78, 5) is 14.5. The molecule has 1 aliphatic rings. The third-order valence-electron chi connectivity index (χ3n) is 3.88. The molecule has 24 heavy (non-hydrogen) atoms. The van der Waals surface area contributed by atoms with Crippen LogP contribution in [0.4, 0.5) is 5.69 Å². The van der Waals surface area contributed by atoms with E-state index in [1.165, 1.54) is 26.2 Å². The van der Waals surface area contributed by atoms with E-state index in [9.17, 15) is 13.2 Å². The summed E-state index contributed by atoms with van der Waals surface area (Å²) in [6.45, 7) is 4.93. The normalized spacial score (nSPS) is 18.9. The Balaban J connectivity index is 0.00000288. The zero-order valence-electron chi connectivity index (χ0n) is 14.2. The van der Waals surface area contributed by atoms with Crippen LogP contribution in [-0.4, -0.2) is 69.8 Å². The molecular formula is C15H25ClN4O3S. The number of nitrogens with one attached hydrogen (secondary N) is 2. The summed E-state index contributed by atoms with van der Waals surface area (Å²) < 4.78 is 25.4. The van der Waals surface area contributed by atoms with E-state index < -0.39 is 10.0 Å². The maximum atomic E-state index is 12.2. The number of hydrogen-bond acceptors (Lipinski definition) is 5. The Morgan fingerprint density at radius 2 is 2.12 bits per heavy atom. The highest BCUT2D eigenvalue weighted by Crippen LogP contribution is 2.18. The van der Waals surface area contributed by atoms with Crippen molar-refractivity contribution in [2.24, 2.45) is 0 Å². The Bertz CT molecular complexity index is 666. The van der Waals surface area contributed by atoms with Crippen molar-refractivity contribution in [3.8, 4) is 0 Å². The predicted octanol–water partition coefficient (Wildman–Crippen LogP) is 0.591. The van der Waals surface area contributed by atoms with Crippen molar-refractivity contribution in [1.29, 1.82) is 0 Å². The molecule has 0 saturated carbocycles. The van der Waals surface area contributed by atoms with Crippen LogP contribution in [0, 0.1) is 0 Å². The Morgan fingerprint density at radius 3 is 2.75 bits per heavy atom. The third kappa shape index (κ3) is 5.15. The molecule has 0 radical (unpaired) electrons. The van der Waals surface area contributed by atoms with Gasteiger partial charge in [0.1, 0.15) is 0 Å². The number of rotatable bonds is 5. The monoisotopic (exact) mass is 376 g/mol. The van der Waals surface area contributed by atoms with Gasteiger partial charge in [0.25, 0.3) is 0 Å². The van der Waals surface area contributed by atoms with Gasteiger partial charge in [0.05, 0.1) is 11.4 Å². The van der Waals surface area contributed by atoms with Crippen molar-refractivity contribution < 1.29 is 13.2 Å². The molecule has 1 aliphatic heterocycles. The van der Waals surface area contributed by atoms with Crippen LogP contribution in [0.1, 0.15) is 6.92 Å². The van der Waals surface area contributed by atoms with E-state index in [-0.39, 0.29) is 23.2 Å². The minimum Gasteiger partial charge on any atom is -0.325 e. The zero-order chi connectivity index (χ0) is 17.0. The molecule has 0 aromatic heterocycles. The summed E-state index contributed by atoms with van der Waals surface area (Å²) in [6, 6.07) is 6.61. The van der Waals surface area contributed by atoms with Crippen molar-refractivity contribution in [2.45, 2.75) is 17.9 Å². The first-order valence-corrected chi connectivity index (χ1v) is 9.02. The summed E-state index contributed by atoms with van der Waals surface area (Å²) >= 11 is 0. The number of carbonyl (C=O) groups is 1. The van der Waals surface area contributed by atoms with Crippen molar-refractivity contribution in [3.05, 3.63) is 24.3 Å². The fourth-order valence-electron chi connectivity index (χ4n) is 2.45. The number of hydrogen-bond donors (Lipinski definition) is 2. The van der Waals surface area contributed by atoms with Crippen LogP contribution in [-0.2, 0) is 14.8 Å². The summed E-state index contributed by atoms with van der Waals surface area (Å²) in [6.07, 6.45) is 0. The molecule has 7 nitrogen and oxygen atoms in total. The third-order valence-corrected chi connectivity index (χ3v) is 5.69. The average molecular weight is 377 g/mol. The number of piperazine rings is 1. The van der Waals surface area contributed by atoms with E-state index >= 15 is 0 Å². The van der Waals surface area contributed by atoms with Crippen molar-refractivity contribution >= 4 is 34.0 Å². The van der Waals surface area contributed by atoms with Gasteiger partial charge in [0.15, 0.2) is 0 Å². The number of amides is 1. The molecule has 0 aliphatic carbocycles. The number of sulfonamides is 1. The van der Waals surface area contributed by atoms with Crippen LogP contribution in [0.15, 0.2) is 29.2 Å². The minimum atomic E-state index is -3.51. The summed E-state index contributed by atoms with van der Waals surface area (Å²) in [5, 5.41) is 6.05. The van der Waals surface area contributed by atoms with E-state index in [0.717, 1.165) is 23.9 Å². The highest BCUT2D eigenvalue weighted by Gasteiger charge is 2.21. The molecule has 1 amide bonds. The highest BCUT2D eigenvalue weighted by atomic mass is 35.5. The molecule has 9 heteroatoms. The standard InChI is InChI=1S/C15H24N4O3S.ClH/c1-12-10-16-7-8-19(12)11-15(20)17-13-5-4-6-14(9-13)23(21,22)18(2)3;/h4-6,9,12,16H,7-8,10-11H2,1-3H3,(H,17,20);1H/t12-;/m0./s1. The average Bonchev–Trinajstić information content (AvgIpc) is 2.49. The highest BCUT2D eigenvalue weighted by molar-refractivity contribution is 7.89. The van der Waals surface area contributed by atoms with Crippen LogP contribution in [0.3, 0.4) is 0 Å². The van der Waals surface area contributed by atoms with Gasteiger partial charge in [-0.25, -0.2) is 12.7 Å². The second kappa shape index (κ2) is 8.77. The Hall–Kier alpha value is -1.19. The van der Waals surface area contributed by atoms with Gasteiger partial charge in [-0.05, 0) is 25.1 Å². The molecule has 1 heterocycles. The fourth-order valence-corrected chi connectivity index (χ4v) is 3.40. The summed E-state index contributed by atoms with van der Waals surface area (Å²) in [7, 11) is -0.551. The van der Waals surface area contributed by atoms with Gasteiger partial charge in [0.2, 0.25) is 15.9 Å². The predicted molar refractivity (Wildman–Crippen MR) is 97.1 cm³/mol. The largest absolute Gasteiger partial charge is 0.325 e. The first kappa shape index (κ1) is 20.9. The first-order chi connectivity index (χ1) is 10.8. The number of halogens is 1. The van der Waals surface area contributed by atoms with Crippen LogP contribution in [0.5, 0.6) is 0 Å². The molecular weight excluding hydrogens is 352 g/mol. The van der Waals surface area contributed by atoms with E-state index in [0.29, 0.717) is 18.3 Å². The smallest absolute Gasteiger partial charge is 0.242 e. The van der Waals surface area contributed by atoms with Gasteiger partial charge in [0, 0.05) is 45.5 Å². The maximum absolute atomic E-state index is 12.2. The molecule has 1 atom stereocenters. The quantitative estimate of drug-likeness (QED) is 0.786. The van der Waals surface area contributed by atoms with Crippen LogP contribution >= 0.6 is 12.4 Å². The van der Waals surface area contributed by atoms with Gasteiger partial charge < -0.3 is 10.6 Å². The molecule has 0 unspecified atom stereocenters. The molecule has 1 aromatic rings. The van der Waals surface area contributed by atoms with Crippen molar-refractivity contribution in [2.75, 3.05) is 45.6 Å². The van der Waals surface area contributed by atoms with E-state index in [2.05, 4.69) is 22.5 Å². The molecule has 1 fully saturated rings. The molecule has 1 aromatic carbocycles. The number of benzene rings is 1. The van der Waals surface area contributed by atoms with Crippen LogP contribution in [0.25, 0.3) is 0 Å². The fraction of sp³-hybridized carbons (Fsp3) is 0.533. The lowest BCUT2D eigenvalue weighted by molar-refractivity contribution is -0.118. The number of nitrogens with zero attached hydrogens (tertiary/aromatic N) is 2. The van der Waals surface area contributed by atoms with Crippen molar-refractivity contribution in [1.82, 2.24) is 14.5 Å². The molecule has 136 valence electrons. The van der Waals surface area contributed by atoms with Gasteiger partial charge in [-0.2, -0.15) is 0 Å². The van der Waals surface area contributed by atoms with E-state index in [1.807, 2.05) is 0 Å². The molecule has 2 rings (SSSR count). The van der Waals surface area contributed by atoms with Gasteiger partial charge in [-0.15, -0.1) is 12.4 Å². The Kier molecular flexibility index (Phi) is 7.62. The second-order valence-electron chi connectivity index (χ2n) is 5.89. The second-order valence-corrected chi connectivity index (χ2v) is 8.04. The first-order valence-electron chi connectivity index (χ1n) is 7.58. The summed E-state index contributed by atoms with van der Waals surface area (Å²) in [5.74, 6) is -0.141. The topological polar surface area (TPSA) is 81.8 Å². The zero-order valence-corrected chi connectivity index (χ0v) is 15.8. The molecule has 2 N–H and O–H groups in total. The minimum absolute atomic E-state index is 0.